The quantitative estimate of drug-likeness (QED) is 0.526. The van der Waals surface area contributed by atoms with Crippen LogP contribution in [0.1, 0.15) is 0 Å². The number of pyridine rings is 1. The van der Waals surface area contributed by atoms with Gasteiger partial charge in [-0.15, -0.1) is 0 Å². The van der Waals surface area contributed by atoms with Crippen LogP contribution in [0.25, 0.3) is 21.1 Å². The predicted molar refractivity (Wildman–Crippen MR) is 92.3 cm³/mol. The minimum Gasteiger partial charge on any atom is -0.330 e. The normalized spacial score (nSPS) is 11.1. The van der Waals surface area contributed by atoms with Crippen LogP contribution >= 0.6 is 27.3 Å². The second-order valence-corrected chi connectivity index (χ2v) is 6.58. The summed E-state index contributed by atoms with van der Waals surface area (Å²) in [5.74, 6) is 0. The summed E-state index contributed by atoms with van der Waals surface area (Å²) in [6.07, 6.45) is 1.81. The molecule has 2 aromatic heterocycles. The van der Waals surface area contributed by atoms with Gasteiger partial charge in [-0.05, 0) is 30.3 Å². The lowest BCUT2D eigenvalue weighted by atomic mass is 10.2. The van der Waals surface area contributed by atoms with E-state index in [4.69, 9.17) is 0 Å². The van der Waals surface area contributed by atoms with Crippen molar-refractivity contribution in [1.29, 1.82) is 0 Å². The Labute approximate surface area is 133 Å². The fourth-order valence-corrected chi connectivity index (χ4v) is 3.48. The molecular weight excluding hydrogens is 346 g/mol. The van der Waals surface area contributed by atoms with E-state index in [0.717, 1.165) is 36.4 Å². The SMILES string of the molecule is Brc1ccc2sc(Nc3cccc4cccnc34)nc2c1. The van der Waals surface area contributed by atoms with Crippen molar-refractivity contribution >= 4 is 59.2 Å². The van der Waals surface area contributed by atoms with Gasteiger partial charge in [0.05, 0.1) is 21.4 Å². The Morgan fingerprint density at radius 1 is 1.05 bits per heavy atom. The van der Waals surface area contributed by atoms with Crippen LogP contribution in [0.15, 0.2) is 59.2 Å². The number of nitrogens with one attached hydrogen (secondary N) is 1. The van der Waals surface area contributed by atoms with E-state index in [9.17, 15) is 0 Å². The minimum absolute atomic E-state index is 0.876. The monoisotopic (exact) mass is 355 g/mol. The zero-order chi connectivity index (χ0) is 14.2. The third kappa shape index (κ3) is 2.39. The van der Waals surface area contributed by atoms with Gasteiger partial charge < -0.3 is 5.32 Å². The van der Waals surface area contributed by atoms with Crippen molar-refractivity contribution in [3.05, 3.63) is 59.2 Å². The largest absolute Gasteiger partial charge is 0.330 e. The lowest BCUT2D eigenvalue weighted by molar-refractivity contribution is 1.39. The van der Waals surface area contributed by atoms with Crippen LogP contribution in [-0.4, -0.2) is 9.97 Å². The number of halogens is 1. The average molecular weight is 356 g/mol. The Morgan fingerprint density at radius 2 is 1.95 bits per heavy atom. The van der Waals surface area contributed by atoms with Gasteiger partial charge in [0.15, 0.2) is 5.13 Å². The Morgan fingerprint density at radius 3 is 2.90 bits per heavy atom. The van der Waals surface area contributed by atoms with Crippen molar-refractivity contribution in [1.82, 2.24) is 9.97 Å². The average Bonchev–Trinajstić information content (AvgIpc) is 2.89. The molecule has 0 radical (unpaired) electrons. The number of hydrogen-bond acceptors (Lipinski definition) is 4. The molecule has 2 heterocycles. The second kappa shape index (κ2) is 5.09. The molecule has 4 aromatic rings. The summed E-state index contributed by atoms with van der Waals surface area (Å²) < 4.78 is 2.20. The van der Waals surface area contributed by atoms with Crippen molar-refractivity contribution in [2.24, 2.45) is 0 Å². The molecular formula is C16H10BrN3S. The van der Waals surface area contributed by atoms with Gasteiger partial charge in [-0.1, -0.05) is 45.5 Å². The number of nitrogens with zero attached hydrogens (tertiary/aromatic N) is 2. The molecule has 0 aliphatic carbocycles. The Bertz CT molecular complexity index is 943. The Balaban J connectivity index is 1.79. The van der Waals surface area contributed by atoms with E-state index in [0.29, 0.717) is 0 Å². The smallest absolute Gasteiger partial charge is 0.188 e. The summed E-state index contributed by atoms with van der Waals surface area (Å²) in [6, 6.07) is 16.2. The third-order valence-electron chi connectivity index (χ3n) is 3.22. The molecule has 5 heteroatoms. The van der Waals surface area contributed by atoms with Gasteiger partial charge in [-0.2, -0.15) is 0 Å². The van der Waals surface area contributed by atoms with Crippen molar-refractivity contribution in [2.75, 3.05) is 5.32 Å². The van der Waals surface area contributed by atoms with Gasteiger partial charge in [0.2, 0.25) is 0 Å². The molecule has 21 heavy (non-hydrogen) atoms. The summed E-state index contributed by atoms with van der Waals surface area (Å²) in [4.78, 5) is 9.08. The van der Waals surface area contributed by atoms with E-state index in [1.165, 1.54) is 0 Å². The molecule has 0 aliphatic rings. The van der Waals surface area contributed by atoms with E-state index in [1.54, 1.807) is 11.3 Å². The number of aromatic nitrogens is 2. The highest BCUT2D eigenvalue weighted by molar-refractivity contribution is 9.10. The number of fused-ring (bicyclic) bond motifs is 2. The summed E-state index contributed by atoms with van der Waals surface area (Å²) in [5, 5.41) is 5.38. The van der Waals surface area contributed by atoms with E-state index in [2.05, 4.69) is 49.4 Å². The molecule has 102 valence electrons. The zero-order valence-corrected chi connectivity index (χ0v) is 13.3. The fraction of sp³-hybridized carbons (Fsp3) is 0. The second-order valence-electron chi connectivity index (χ2n) is 4.64. The minimum atomic E-state index is 0.876. The molecule has 0 saturated carbocycles. The number of hydrogen-bond donors (Lipinski definition) is 1. The topological polar surface area (TPSA) is 37.8 Å². The van der Waals surface area contributed by atoms with Crippen LogP contribution in [0.5, 0.6) is 0 Å². The van der Waals surface area contributed by atoms with E-state index in [-0.39, 0.29) is 0 Å². The molecule has 0 fully saturated rings. The third-order valence-corrected chi connectivity index (χ3v) is 4.67. The number of thiazole rings is 1. The summed E-state index contributed by atoms with van der Waals surface area (Å²) in [7, 11) is 0. The molecule has 4 rings (SSSR count). The van der Waals surface area contributed by atoms with Crippen LogP contribution in [0.4, 0.5) is 10.8 Å². The van der Waals surface area contributed by atoms with Gasteiger partial charge in [-0.25, -0.2) is 4.98 Å². The number of benzene rings is 2. The zero-order valence-electron chi connectivity index (χ0n) is 10.9. The van der Waals surface area contributed by atoms with Crippen molar-refractivity contribution in [3.8, 4) is 0 Å². The maximum Gasteiger partial charge on any atom is 0.188 e. The summed E-state index contributed by atoms with van der Waals surface area (Å²) >= 11 is 5.11. The number of rotatable bonds is 2. The predicted octanol–water partition coefficient (Wildman–Crippen LogP) is 5.35. The molecule has 0 unspecified atom stereocenters. The van der Waals surface area contributed by atoms with Crippen LogP contribution in [0.3, 0.4) is 0 Å². The maximum absolute atomic E-state index is 4.63. The molecule has 0 spiro atoms. The highest BCUT2D eigenvalue weighted by atomic mass is 79.9. The first-order valence-electron chi connectivity index (χ1n) is 6.46. The fourth-order valence-electron chi connectivity index (χ4n) is 2.27. The molecule has 2 aromatic carbocycles. The van der Waals surface area contributed by atoms with Crippen molar-refractivity contribution < 1.29 is 0 Å². The Hall–Kier alpha value is -1.98. The van der Waals surface area contributed by atoms with E-state index in [1.807, 2.05) is 36.5 Å². The van der Waals surface area contributed by atoms with Crippen LogP contribution < -0.4 is 5.32 Å². The van der Waals surface area contributed by atoms with E-state index >= 15 is 0 Å². The van der Waals surface area contributed by atoms with Gasteiger partial charge in [0.25, 0.3) is 0 Å². The molecule has 1 N–H and O–H groups in total. The molecule has 0 amide bonds. The molecule has 0 atom stereocenters. The summed E-state index contributed by atoms with van der Waals surface area (Å²) in [6.45, 7) is 0. The van der Waals surface area contributed by atoms with Crippen LogP contribution in [0, 0.1) is 0 Å². The molecule has 0 saturated heterocycles. The first-order chi connectivity index (χ1) is 10.3. The first-order valence-corrected chi connectivity index (χ1v) is 8.07. The molecule has 0 bridgehead atoms. The number of anilines is 2. The maximum atomic E-state index is 4.63. The number of para-hydroxylation sites is 1. The highest BCUT2D eigenvalue weighted by Crippen LogP contribution is 2.31. The van der Waals surface area contributed by atoms with Crippen molar-refractivity contribution in [3.63, 3.8) is 0 Å². The van der Waals surface area contributed by atoms with Gasteiger partial charge in [-0.3, -0.25) is 4.98 Å². The van der Waals surface area contributed by atoms with Crippen molar-refractivity contribution in [2.45, 2.75) is 0 Å². The first kappa shape index (κ1) is 12.7. The molecule has 0 aliphatic heterocycles. The lowest BCUT2D eigenvalue weighted by Gasteiger charge is -2.05. The Kier molecular flexibility index (Phi) is 3.09. The standard InChI is InChI=1S/C16H10BrN3S/c17-11-6-7-14-13(9-11)20-16(21-14)19-12-5-1-3-10-4-2-8-18-15(10)12/h1-9H,(H,19,20). The van der Waals surface area contributed by atoms with Gasteiger partial charge >= 0.3 is 0 Å². The summed E-state index contributed by atoms with van der Waals surface area (Å²) in [5.41, 5.74) is 2.93. The van der Waals surface area contributed by atoms with Gasteiger partial charge in [0.1, 0.15) is 0 Å². The van der Waals surface area contributed by atoms with Crippen LogP contribution in [-0.2, 0) is 0 Å². The van der Waals surface area contributed by atoms with E-state index < -0.39 is 0 Å². The molecule has 3 nitrogen and oxygen atoms in total. The van der Waals surface area contributed by atoms with Crippen LogP contribution in [0.2, 0.25) is 0 Å². The van der Waals surface area contributed by atoms with Gasteiger partial charge in [0, 0.05) is 16.1 Å². The lowest BCUT2D eigenvalue weighted by Crippen LogP contribution is -1.91. The highest BCUT2D eigenvalue weighted by Gasteiger charge is 2.07.